The highest BCUT2D eigenvalue weighted by Gasteiger charge is 2.52. The van der Waals surface area contributed by atoms with Gasteiger partial charge in [0.05, 0.1) is 31.9 Å². The molecule has 2 heterocycles. The minimum atomic E-state index is -2.87. The zero-order valence-corrected chi connectivity index (χ0v) is 19.0. The van der Waals surface area contributed by atoms with Crippen molar-refractivity contribution in [2.45, 2.75) is 49.1 Å². The Morgan fingerprint density at radius 1 is 1.31 bits per heavy atom. The highest BCUT2D eigenvalue weighted by molar-refractivity contribution is 5.83. The van der Waals surface area contributed by atoms with Gasteiger partial charge in [-0.1, -0.05) is 6.08 Å². The van der Waals surface area contributed by atoms with Crippen LogP contribution in [0.25, 0.3) is 0 Å². The monoisotopic (exact) mass is 514 g/mol. The van der Waals surface area contributed by atoms with Gasteiger partial charge in [0, 0.05) is 18.2 Å². The number of anilines is 1. The number of hydrogen-bond donors (Lipinski definition) is 10. The van der Waals surface area contributed by atoms with E-state index < -0.39 is 79.9 Å². The first kappa shape index (κ1) is 28.6. The summed E-state index contributed by atoms with van der Waals surface area (Å²) in [7, 11) is 0. The number of nitrogens with zero attached hydrogens (tertiary/aromatic N) is 3. The molecule has 1 aliphatic rings. The van der Waals surface area contributed by atoms with E-state index in [2.05, 4.69) is 15.3 Å². The summed E-state index contributed by atoms with van der Waals surface area (Å²) in [6.45, 7) is -1.77. The highest BCUT2D eigenvalue weighted by atomic mass is 16.5. The number of aliphatic imine (C=N–C) groups is 1. The van der Waals surface area contributed by atoms with Crippen molar-refractivity contribution < 1.29 is 39.9 Å². The summed E-state index contributed by atoms with van der Waals surface area (Å²) in [5.74, 6) is -3.36. The molecule has 1 aromatic heterocycles. The van der Waals surface area contributed by atoms with Crippen molar-refractivity contribution in [1.29, 1.82) is 0 Å². The SMILES string of the molecule is NC(N)=NCC(O)CC(O)(C(=O)O)[C@@H]1O[C@@H](n2cc(CO)c(N)nc2=O)C=C[C@@H]1NC(=O)C(N)CO. The summed E-state index contributed by atoms with van der Waals surface area (Å²) < 4.78 is 6.62. The largest absolute Gasteiger partial charge is 0.479 e. The van der Waals surface area contributed by atoms with E-state index in [1.165, 1.54) is 12.2 Å². The lowest BCUT2D eigenvalue weighted by atomic mass is 9.84. The van der Waals surface area contributed by atoms with Gasteiger partial charge in [-0.3, -0.25) is 14.4 Å². The molecular formula is C19H30N8O9. The van der Waals surface area contributed by atoms with E-state index in [9.17, 15) is 34.8 Å². The van der Waals surface area contributed by atoms with Crippen LogP contribution in [0.1, 0.15) is 18.2 Å². The highest BCUT2D eigenvalue weighted by Crippen LogP contribution is 2.31. The zero-order valence-electron chi connectivity index (χ0n) is 19.0. The zero-order chi connectivity index (χ0) is 27.2. The molecule has 0 bridgehead atoms. The molecule has 200 valence electrons. The van der Waals surface area contributed by atoms with Crippen LogP contribution in [-0.2, 0) is 20.9 Å². The maximum absolute atomic E-state index is 12.4. The van der Waals surface area contributed by atoms with Crippen molar-refractivity contribution in [2.24, 2.45) is 22.2 Å². The number of carboxylic acids is 1. The predicted molar refractivity (Wildman–Crippen MR) is 123 cm³/mol. The minimum absolute atomic E-state index is 0.0636. The Hall–Kier alpha value is -3.61. The van der Waals surface area contributed by atoms with Gasteiger partial charge < -0.3 is 58.5 Å². The number of nitrogens with two attached hydrogens (primary N) is 4. The Balaban J connectivity index is 2.52. The number of aliphatic carboxylic acids is 1. The van der Waals surface area contributed by atoms with Gasteiger partial charge >= 0.3 is 11.7 Å². The van der Waals surface area contributed by atoms with Crippen LogP contribution in [0.15, 0.2) is 28.1 Å². The van der Waals surface area contributed by atoms with Crippen molar-refractivity contribution in [3.05, 3.63) is 34.4 Å². The number of ether oxygens (including phenoxy) is 1. The molecule has 0 spiro atoms. The van der Waals surface area contributed by atoms with E-state index >= 15 is 0 Å². The number of nitrogens with one attached hydrogen (secondary N) is 1. The van der Waals surface area contributed by atoms with Crippen LogP contribution in [-0.4, -0.2) is 96.0 Å². The molecule has 0 saturated heterocycles. The quantitative estimate of drug-likeness (QED) is 0.0748. The third-order valence-corrected chi connectivity index (χ3v) is 5.32. The van der Waals surface area contributed by atoms with E-state index in [1.807, 2.05) is 0 Å². The number of hydrogen-bond acceptors (Lipinski definition) is 12. The third kappa shape index (κ3) is 6.53. The van der Waals surface area contributed by atoms with Crippen LogP contribution in [0.2, 0.25) is 0 Å². The second-order valence-electron chi connectivity index (χ2n) is 8.01. The molecule has 1 aromatic rings. The number of rotatable bonds is 11. The molecule has 17 heteroatoms. The molecule has 0 saturated carbocycles. The molecule has 0 fully saturated rings. The van der Waals surface area contributed by atoms with E-state index in [-0.39, 0.29) is 17.3 Å². The molecule has 1 amide bonds. The van der Waals surface area contributed by atoms with Crippen molar-refractivity contribution in [3.63, 3.8) is 0 Å². The van der Waals surface area contributed by atoms with Crippen LogP contribution < -0.4 is 33.9 Å². The Bertz CT molecular complexity index is 1070. The minimum Gasteiger partial charge on any atom is -0.479 e. The Kier molecular flexibility index (Phi) is 9.45. The van der Waals surface area contributed by atoms with E-state index in [0.717, 1.165) is 10.8 Å². The van der Waals surface area contributed by atoms with Gasteiger partial charge in [-0.2, -0.15) is 4.98 Å². The Labute approximate surface area is 203 Å². The van der Waals surface area contributed by atoms with Crippen LogP contribution in [0.5, 0.6) is 0 Å². The molecule has 17 nitrogen and oxygen atoms in total. The van der Waals surface area contributed by atoms with Crippen LogP contribution in [0, 0.1) is 0 Å². The number of carbonyl (C=O) groups excluding carboxylic acids is 1. The molecular weight excluding hydrogens is 484 g/mol. The fourth-order valence-corrected chi connectivity index (χ4v) is 3.43. The molecule has 3 unspecified atom stereocenters. The number of nitrogen functional groups attached to an aromatic ring is 1. The number of aliphatic hydroxyl groups is 4. The summed E-state index contributed by atoms with van der Waals surface area (Å²) >= 11 is 0. The predicted octanol–water partition coefficient (Wildman–Crippen LogP) is -5.58. The lowest BCUT2D eigenvalue weighted by molar-refractivity contribution is -0.197. The Morgan fingerprint density at radius 2 is 1.97 bits per heavy atom. The molecule has 2 rings (SSSR count). The van der Waals surface area contributed by atoms with Gasteiger partial charge in [-0.15, -0.1) is 0 Å². The number of aliphatic hydroxyl groups excluding tert-OH is 3. The molecule has 14 N–H and O–H groups in total. The molecule has 36 heavy (non-hydrogen) atoms. The normalized spacial score (nSPS) is 22.8. The fraction of sp³-hybridized carbons (Fsp3) is 0.526. The molecule has 6 atom stereocenters. The van der Waals surface area contributed by atoms with Gasteiger partial charge in [0.2, 0.25) is 5.91 Å². The maximum atomic E-state index is 12.4. The van der Waals surface area contributed by atoms with Crippen LogP contribution >= 0.6 is 0 Å². The summed E-state index contributed by atoms with van der Waals surface area (Å²) in [4.78, 5) is 44.1. The van der Waals surface area contributed by atoms with Crippen molar-refractivity contribution >= 4 is 23.7 Å². The van der Waals surface area contributed by atoms with E-state index in [0.29, 0.717) is 0 Å². The van der Waals surface area contributed by atoms with Gasteiger partial charge in [-0.05, 0) is 6.08 Å². The topological polar surface area (TPSA) is 308 Å². The van der Waals surface area contributed by atoms with Crippen molar-refractivity contribution in [1.82, 2.24) is 14.9 Å². The summed E-state index contributed by atoms with van der Waals surface area (Å²) in [6, 6.07) is -2.73. The second kappa shape index (κ2) is 11.9. The first-order chi connectivity index (χ1) is 16.8. The maximum Gasteiger partial charge on any atom is 0.351 e. The summed E-state index contributed by atoms with van der Waals surface area (Å²) in [5.41, 5.74) is 17.8. The number of carboxylic acid groups (broad SMARTS) is 1. The number of amides is 1. The first-order valence-corrected chi connectivity index (χ1v) is 10.5. The molecule has 0 radical (unpaired) electrons. The smallest absolute Gasteiger partial charge is 0.351 e. The Morgan fingerprint density at radius 3 is 2.53 bits per heavy atom. The van der Waals surface area contributed by atoms with Crippen molar-refractivity contribution in [3.8, 4) is 0 Å². The van der Waals surface area contributed by atoms with Gasteiger partial charge in [-0.25, -0.2) is 9.59 Å². The number of guanidine groups is 1. The standard InChI is InChI=1S/C19H30N8O9/c20-10(7-29)15(31)25-11-1-2-12(27-5-8(6-28)14(21)26-18(27)34)36-13(11)19(35,16(32)33)3-9(30)4-24-17(22)23/h1-2,5,9-13,28-30,35H,3-4,6-7,20H2,(H,25,31)(H,32,33)(H2,21,26,34)(H4,22,23,24)/t9?,10?,11-,12+,13+,19?/m0/s1. The van der Waals surface area contributed by atoms with E-state index in [1.54, 1.807) is 0 Å². The van der Waals surface area contributed by atoms with Gasteiger partial charge in [0.1, 0.15) is 18.0 Å². The molecule has 1 aliphatic heterocycles. The lowest BCUT2D eigenvalue weighted by Gasteiger charge is -2.41. The van der Waals surface area contributed by atoms with Crippen LogP contribution in [0.4, 0.5) is 5.82 Å². The molecule has 0 aromatic carbocycles. The summed E-state index contributed by atoms with van der Waals surface area (Å²) in [5, 5.41) is 52.3. The van der Waals surface area contributed by atoms with Crippen molar-refractivity contribution in [2.75, 3.05) is 18.9 Å². The average Bonchev–Trinajstić information content (AvgIpc) is 2.82. The fourth-order valence-electron chi connectivity index (χ4n) is 3.43. The van der Waals surface area contributed by atoms with E-state index in [4.69, 9.17) is 32.8 Å². The average molecular weight is 514 g/mol. The lowest BCUT2D eigenvalue weighted by Crippen LogP contribution is -2.63. The van der Waals surface area contributed by atoms with Gasteiger partial charge in [0.15, 0.2) is 17.8 Å². The van der Waals surface area contributed by atoms with Gasteiger partial charge in [0.25, 0.3) is 0 Å². The first-order valence-electron chi connectivity index (χ1n) is 10.5. The number of carbonyl (C=O) groups is 2. The second-order valence-corrected chi connectivity index (χ2v) is 8.01. The number of aromatic nitrogens is 2. The third-order valence-electron chi connectivity index (χ3n) is 5.32. The van der Waals surface area contributed by atoms with Crippen LogP contribution in [0.3, 0.4) is 0 Å². The molecule has 0 aliphatic carbocycles. The summed E-state index contributed by atoms with van der Waals surface area (Å²) in [6.07, 6.45) is -2.01.